The van der Waals surface area contributed by atoms with E-state index in [9.17, 15) is 4.39 Å². The summed E-state index contributed by atoms with van der Waals surface area (Å²) < 4.78 is 16.3. The zero-order valence-corrected chi connectivity index (χ0v) is 14.3. The minimum Gasteiger partial charge on any atom is -0.365 e. The van der Waals surface area contributed by atoms with Gasteiger partial charge in [-0.2, -0.15) is 5.10 Å². The number of nitrogens with zero attached hydrogens (tertiary/aromatic N) is 3. The third-order valence-corrected chi connectivity index (χ3v) is 5.32. The van der Waals surface area contributed by atoms with Crippen LogP contribution in [0, 0.1) is 5.82 Å². The van der Waals surface area contributed by atoms with E-state index in [1.54, 1.807) is 16.9 Å². The maximum absolute atomic E-state index is 14.6. The fraction of sp³-hybridized carbons (Fsp3) is 0.211. The van der Waals surface area contributed by atoms with Gasteiger partial charge in [-0.25, -0.2) is 4.39 Å². The predicted octanol–water partition coefficient (Wildman–Crippen LogP) is 4.34. The SMILES string of the molecule is Cn1cc(-c2ccc(CN3CCSc4ccccc43)c(F)c2)cn1. The zero-order valence-electron chi connectivity index (χ0n) is 13.4. The molecule has 122 valence electrons. The highest BCUT2D eigenvalue weighted by atomic mass is 32.2. The van der Waals surface area contributed by atoms with E-state index in [-0.39, 0.29) is 5.82 Å². The van der Waals surface area contributed by atoms with Gasteiger partial charge >= 0.3 is 0 Å². The smallest absolute Gasteiger partial charge is 0.128 e. The lowest BCUT2D eigenvalue weighted by Gasteiger charge is -2.31. The largest absolute Gasteiger partial charge is 0.365 e. The van der Waals surface area contributed by atoms with Crippen LogP contribution in [0.2, 0.25) is 0 Å². The van der Waals surface area contributed by atoms with Crippen molar-refractivity contribution in [1.29, 1.82) is 0 Å². The Labute approximate surface area is 145 Å². The lowest BCUT2D eigenvalue weighted by molar-refractivity contribution is 0.605. The van der Waals surface area contributed by atoms with Crippen LogP contribution in [0.25, 0.3) is 11.1 Å². The summed E-state index contributed by atoms with van der Waals surface area (Å²) in [5, 5.41) is 4.15. The molecule has 2 aromatic carbocycles. The number of fused-ring (bicyclic) bond motifs is 1. The van der Waals surface area contributed by atoms with Gasteiger partial charge in [0, 0.05) is 48.1 Å². The van der Waals surface area contributed by atoms with Gasteiger partial charge in [0.15, 0.2) is 0 Å². The summed E-state index contributed by atoms with van der Waals surface area (Å²) >= 11 is 1.86. The van der Waals surface area contributed by atoms with Crippen molar-refractivity contribution in [1.82, 2.24) is 9.78 Å². The molecule has 0 amide bonds. The second kappa shape index (κ2) is 6.32. The van der Waals surface area contributed by atoms with Crippen LogP contribution >= 0.6 is 11.8 Å². The average Bonchev–Trinajstić information content (AvgIpc) is 3.03. The van der Waals surface area contributed by atoms with Gasteiger partial charge in [0.2, 0.25) is 0 Å². The van der Waals surface area contributed by atoms with Crippen LogP contribution in [0.4, 0.5) is 10.1 Å². The van der Waals surface area contributed by atoms with Gasteiger partial charge < -0.3 is 4.90 Å². The average molecular weight is 339 g/mol. The van der Waals surface area contributed by atoms with Crippen LogP contribution in [0.5, 0.6) is 0 Å². The third-order valence-electron chi connectivity index (χ3n) is 4.28. The number of rotatable bonds is 3. The normalized spacial score (nSPS) is 13.8. The van der Waals surface area contributed by atoms with Crippen LogP contribution in [-0.4, -0.2) is 22.1 Å². The molecule has 5 heteroatoms. The molecule has 4 rings (SSSR count). The fourth-order valence-corrected chi connectivity index (χ4v) is 4.07. The molecule has 2 heterocycles. The molecule has 0 saturated heterocycles. The summed E-state index contributed by atoms with van der Waals surface area (Å²) in [4.78, 5) is 3.53. The van der Waals surface area contributed by atoms with Crippen LogP contribution in [0.3, 0.4) is 0 Å². The number of benzene rings is 2. The molecule has 0 bridgehead atoms. The van der Waals surface area contributed by atoms with Crippen molar-refractivity contribution in [3.05, 3.63) is 66.2 Å². The van der Waals surface area contributed by atoms with Gasteiger partial charge in [0.05, 0.1) is 11.9 Å². The van der Waals surface area contributed by atoms with Crippen molar-refractivity contribution in [2.75, 3.05) is 17.2 Å². The van der Waals surface area contributed by atoms with Crippen LogP contribution in [0.15, 0.2) is 59.8 Å². The summed E-state index contributed by atoms with van der Waals surface area (Å²) in [7, 11) is 1.86. The van der Waals surface area contributed by atoms with Gasteiger partial charge in [-0.3, -0.25) is 4.68 Å². The van der Waals surface area contributed by atoms with Crippen LogP contribution in [-0.2, 0) is 13.6 Å². The molecule has 3 nitrogen and oxygen atoms in total. The Kier molecular flexibility index (Phi) is 4.02. The van der Waals surface area contributed by atoms with E-state index in [2.05, 4.69) is 28.2 Å². The molecule has 0 spiro atoms. The molecule has 0 unspecified atom stereocenters. The Balaban J connectivity index is 1.60. The van der Waals surface area contributed by atoms with Crippen molar-refractivity contribution < 1.29 is 4.39 Å². The van der Waals surface area contributed by atoms with Gasteiger partial charge in [-0.1, -0.05) is 24.3 Å². The van der Waals surface area contributed by atoms with Gasteiger partial charge in [-0.15, -0.1) is 11.8 Å². The Bertz CT molecular complexity index is 875. The second-order valence-electron chi connectivity index (χ2n) is 5.95. The summed E-state index contributed by atoms with van der Waals surface area (Å²) in [6, 6.07) is 13.8. The van der Waals surface area contributed by atoms with Gasteiger partial charge in [0.25, 0.3) is 0 Å². The Morgan fingerprint density at radius 1 is 1.17 bits per heavy atom. The summed E-state index contributed by atoms with van der Waals surface area (Å²) in [5.41, 5.74) is 3.72. The summed E-state index contributed by atoms with van der Waals surface area (Å²) in [5.74, 6) is 0.874. The number of thioether (sulfide) groups is 1. The highest BCUT2D eigenvalue weighted by molar-refractivity contribution is 7.99. The molecule has 0 aliphatic carbocycles. The number of anilines is 1. The van der Waals surface area contributed by atoms with Crippen molar-refractivity contribution in [2.24, 2.45) is 7.05 Å². The highest BCUT2D eigenvalue weighted by Crippen LogP contribution is 2.35. The topological polar surface area (TPSA) is 21.1 Å². The van der Waals surface area contributed by atoms with Crippen molar-refractivity contribution in [3.63, 3.8) is 0 Å². The summed E-state index contributed by atoms with van der Waals surface area (Å²) in [6.07, 6.45) is 3.65. The van der Waals surface area contributed by atoms with Crippen molar-refractivity contribution in [3.8, 4) is 11.1 Å². The third kappa shape index (κ3) is 2.91. The first-order valence-corrected chi connectivity index (χ1v) is 8.93. The van der Waals surface area contributed by atoms with Gasteiger partial charge in [-0.05, 0) is 23.8 Å². The molecule has 0 N–H and O–H groups in total. The Morgan fingerprint density at radius 3 is 2.83 bits per heavy atom. The number of aryl methyl sites for hydroxylation is 1. The predicted molar refractivity (Wildman–Crippen MR) is 96.8 cm³/mol. The van der Waals surface area contributed by atoms with Crippen molar-refractivity contribution in [2.45, 2.75) is 11.4 Å². The molecule has 1 aliphatic heterocycles. The minimum absolute atomic E-state index is 0.160. The zero-order chi connectivity index (χ0) is 16.5. The number of para-hydroxylation sites is 1. The van der Waals surface area contributed by atoms with Crippen LogP contribution in [0.1, 0.15) is 5.56 Å². The molecular formula is C19H18FN3S. The molecule has 0 radical (unpaired) electrons. The van der Waals surface area contributed by atoms with E-state index in [1.165, 1.54) is 10.6 Å². The molecule has 24 heavy (non-hydrogen) atoms. The molecule has 0 saturated carbocycles. The van der Waals surface area contributed by atoms with E-state index in [0.717, 1.165) is 29.0 Å². The molecule has 0 atom stereocenters. The first-order chi connectivity index (χ1) is 11.7. The maximum Gasteiger partial charge on any atom is 0.128 e. The minimum atomic E-state index is -0.160. The number of hydrogen-bond acceptors (Lipinski definition) is 3. The van der Waals surface area contributed by atoms with Crippen LogP contribution < -0.4 is 4.90 Å². The molecule has 1 aromatic heterocycles. The highest BCUT2D eigenvalue weighted by Gasteiger charge is 2.18. The van der Waals surface area contributed by atoms with E-state index >= 15 is 0 Å². The quantitative estimate of drug-likeness (QED) is 0.708. The Morgan fingerprint density at radius 2 is 2.04 bits per heavy atom. The van der Waals surface area contributed by atoms with E-state index in [0.29, 0.717) is 6.54 Å². The number of hydrogen-bond donors (Lipinski definition) is 0. The summed E-state index contributed by atoms with van der Waals surface area (Å²) in [6.45, 7) is 1.53. The molecule has 1 aliphatic rings. The number of halogens is 1. The monoisotopic (exact) mass is 339 g/mol. The van der Waals surface area contributed by atoms with Crippen molar-refractivity contribution >= 4 is 17.4 Å². The Hall–Kier alpha value is -2.27. The second-order valence-corrected chi connectivity index (χ2v) is 7.08. The molecule has 3 aromatic rings. The molecular weight excluding hydrogens is 321 g/mol. The first-order valence-electron chi connectivity index (χ1n) is 7.95. The molecule has 0 fully saturated rings. The standard InChI is InChI=1S/C19H18FN3S/c1-22-12-16(11-21-22)14-6-7-15(17(20)10-14)13-23-8-9-24-19-5-3-2-4-18(19)23/h2-7,10-12H,8-9,13H2,1H3. The number of aromatic nitrogens is 2. The lowest BCUT2D eigenvalue weighted by atomic mass is 10.1. The van der Waals surface area contributed by atoms with Gasteiger partial charge in [0.1, 0.15) is 5.82 Å². The van der Waals surface area contributed by atoms with E-state index in [4.69, 9.17) is 0 Å². The fourth-order valence-electron chi connectivity index (χ4n) is 3.02. The first kappa shape index (κ1) is 15.3. The van der Waals surface area contributed by atoms with E-state index < -0.39 is 0 Å². The maximum atomic E-state index is 14.6. The lowest BCUT2D eigenvalue weighted by Crippen LogP contribution is -2.28. The van der Waals surface area contributed by atoms with E-state index in [1.807, 2.05) is 43.2 Å².